The van der Waals surface area contributed by atoms with E-state index in [2.05, 4.69) is 10.1 Å². The van der Waals surface area contributed by atoms with Crippen molar-refractivity contribution < 1.29 is 27.4 Å². The van der Waals surface area contributed by atoms with E-state index in [1.54, 1.807) is 0 Å². The first kappa shape index (κ1) is 20.5. The van der Waals surface area contributed by atoms with Crippen LogP contribution in [0.1, 0.15) is 33.6 Å². The van der Waals surface area contributed by atoms with Crippen molar-refractivity contribution in [1.29, 1.82) is 0 Å². The van der Waals surface area contributed by atoms with Crippen molar-refractivity contribution in [3.05, 3.63) is 23.2 Å². The van der Waals surface area contributed by atoms with Crippen molar-refractivity contribution in [1.82, 2.24) is 5.32 Å². The van der Waals surface area contributed by atoms with E-state index in [1.165, 1.54) is 12.1 Å². The summed E-state index contributed by atoms with van der Waals surface area (Å²) in [6, 6.07) is 3.81. The van der Waals surface area contributed by atoms with Gasteiger partial charge in [-0.2, -0.15) is 0 Å². The zero-order valence-corrected chi connectivity index (χ0v) is 15.6. The summed E-state index contributed by atoms with van der Waals surface area (Å²) in [5, 5.41) is 2.88. The van der Waals surface area contributed by atoms with Gasteiger partial charge in [-0.05, 0) is 45.7 Å². The maximum absolute atomic E-state index is 12.3. The highest BCUT2D eigenvalue weighted by Crippen LogP contribution is 2.34. The summed E-state index contributed by atoms with van der Waals surface area (Å²) in [4.78, 5) is 13.8. The maximum Gasteiger partial charge on any atom is 0.573 e. The number of carbonyl (C=O) groups is 1. The molecule has 0 saturated carbocycles. The van der Waals surface area contributed by atoms with Gasteiger partial charge in [0, 0.05) is 18.2 Å². The van der Waals surface area contributed by atoms with E-state index in [-0.39, 0.29) is 16.9 Å². The second kappa shape index (κ2) is 7.82. The molecule has 0 radical (unpaired) electrons. The number of benzene rings is 1. The van der Waals surface area contributed by atoms with Gasteiger partial charge in [-0.15, -0.1) is 13.2 Å². The molecule has 9 heteroatoms. The molecule has 1 saturated heterocycles. The van der Waals surface area contributed by atoms with Crippen molar-refractivity contribution in [3.63, 3.8) is 0 Å². The van der Waals surface area contributed by atoms with Crippen LogP contribution in [-0.2, 0) is 4.74 Å². The molecule has 0 aromatic heterocycles. The predicted molar refractivity (Wildman–Crippen MR) is 92.7 cm³/mol. The Kier molecular flexibility index (Phi) is 6.16. The van der Waals surface area contributed by atoms with Crippen LogP contribution in [0.3, 0.4) is 0 Å². The molecule has 1 heterocycles. The van der Waals surface area contributed by atoms with Crippen LogP contribution in [0.25, 0.3) is 0 Å². The number of halogens is 4. The molecule has 1 fully saturated rings. The lowest BCUT2D eigenvalue weighted by molar-refractivity contribution is -0.274. The number of amides is 1. The van der Waals surface area contributed by atoms with Crippen molar-refractivity contribution in [2.24, 2.45) is 0 Å². The summed E-state index contributed by atoms with van der Waals surface area (Å²) in [5.74, 6) is -0.374. The molecular formula is C17H22ClF3N2O3. The minimum atomic E-state index is -4.77. The number of nitrogens with one attached hydrogen (secondary N) is 1. The Labute approximate surface area is 155 Å². The third-order valence-electron chi connectivity index (χ3n) is 3.62. The Balaban J connectivity index is 2.01. The summed E-state index contributed by atoms with van der Waals surface area (Å²) < 4.78 is 46.2. The van der Waals surface area contributed by atoms with Gasteiger partial charge in [-0.25, -0.2) is 4.79 Å². The van der Waals surface area contributed by atoms with Crippen LogP contribution in [-0.4, -0.2) is 37.2 Å². The highest BCUT2D eigenvalue weighted by Gasteiger charge is 2.32. The van der Waals surface area contributed by atoms with Gasteiger partial charge < -0.3 is 19.7 Å². The van der Waals surface area contributed by atoms with Gasteiger partial charge in [0.05, 0.1) is 17.3 Å². The van der Waals surface area contributed by atoms with E-state index >= 15 is 0 Å². The van der Waals surface area contributed by atoms with E-state index < -0.39 is 18.0 Å². The van der Waals surface area contributed by atoms with E-state index in [0.29, 0.717) is 25.2 Å². The zero-order valence-electron chi connectivity index (χ0n) is 14.8. The summed E-state index contributed by atoms with van der Waals surface area (Å²) in [7, 11) is 0. The Morgan fingerprint density at radius 2 is 2.00 bits per heavy atom. The van der Waals surface area contributed by atoms with Crippen LogP contribution < -0.4 is 15.0 Å². The molecule has 0 aliphatic carbocycles. The number of hydrogen-bond donors (Lipinski definition) is 1. The average molecular weight is 395 g/mol. The number of ether oxygens (including phenoxy) is 2. The highest BCUT2D eigenvalue weighted by atomic mass is 35.5. The summed E-state index contributed by atoms with van der Waals surface area (Å²) in [6.07, 6.45) is -4.11. The average Bonchev–Trinajstić information content (AvgIpc) is 2.43. The molecule has 2 rings (SSSR count). The Morgan fingerprint density at radius 1 is 1.31 bits per heavy atom. The lowest BCUT2D eigenvalue weighted by Crippen LogP contribution is -2.46. The topological polar surface area (TPSA) is 50.8 Å². The lowest BCUT2D eigenvalue weighted by Gasteiger charge is -2.35. The molecule has 1 amide bonds. The van der Waals surface area contributed by atoms with Crippen molar-refractivity contribution >= 4 is 23.4 Å². The number of rotatable bonds is 3. The van der Waals surface area contributed by atoms with Crippen LogP contribution in [0.4, 0.5) is 23.7 Å². The SMILES string of the molecule is CC(C)(C)NC(=O)O[C@@H]1CCCN(c2ccc(OC(F)(F)F)cc2Cl)C1. The number of alkyl carbamates (subject to hydrolysis) is 1. The standard InChI is InChI=1S/C17H22ClF3N2O3/c1-16(2,3)22-15(24)25-12-5-4-8-23(10-12)14-7-6-11(9-13(14)18)26-17(19,20)21/h6-7,9,12H,4-5,8,10H2,1-3H3,(H,22,24)/t12-/m1/s1. The number of hydrogen-bond acceptors (Lipinski definition) is 4. The van der Waals surface area contributed by atoms with Crippen LogP contribution in [0, 0.1) is 0 Å². The van der Waals surface area contributed by atoms with Gasteiger partial charge in [0.15, 0.2) is 0 Å². The monoisotopic (exact) mass is 394 g/mol. The van der Waals surface area contributed by atoms with Gasteiger partial charge in [0.2, 0.25) is 0 Å². The van der Waals surface area contributed by atoms with E-state index in [4.69, 9.17) is 16.3 Å². The molecule has 0 bridgehead atoms. The van der Waals surface area contributed by atoms with Crippen LogP contribution in [0.2, 0.25) is 5.02 Å². The minimum Gasteiger partial charge on any atom is -0.444 e. The first-order valence-corrected chi connectivity index (χ1v) is 8.60. The molecule has 1 aromatic carbocycles. The highest BCUT2D eigenvalue weighted by molar-refractivity contribution is 6.33. The number of alkyl halides is 3. The Morgan fingerprint density at radius 3 is 2.58 bits per heavy atom. The van der Waals surface area contributed by atoms with Crippen LogP contribution in [0.5, 0.6) is 5.75 Å². The quantitative estimate of drug-likeness (QED) is 0.805. The third-order valence-corrected chi connectivity index (χ3v) is 3.93. The summed E-state index contributed by atoms with van der Waals surface area (Å²) in [5.41, 5.74) is 0.175. The van der Waals surface area contributed by atoms with Crippen molar-refractivity contribution in [3.8, 4) is 5.75 Å². The largest absolute Gasteiger partial charge is 0.573 e. The molecule has 1 N–H and O–H groups in total. The third kappa shape index (κ3) is 6.48. The number of anilines is 1. The van der Waals surface area contributed by atoms with Gasteiger partial charge in [-0.1, -0.05) is 11.6 Å². The molecule has 0 unspecified atom stereocenters. The van der Waals surface area contributed by atoms with Crippen LogP contribution >= 0.6 is 11.6 Å². The number of piperidine rings is 1. The summed E-state index contributed by atoms with van der Waals surface area (Å²) >= 11 is 6.12. The fourth-order valence-electron chi connectivity index (χ4n) is 2.68. The predicted octanol–water partition coefficient (Wildman–Crippen LogP) is 4.73. The van der Waals surface area contributed by atoms with E-state index in [9.17, 15) is 18.0 Å². The molecule has 26 heavy (non-hydrogen) atoms. The fourth-order valence-corrected chi connectivity index (χ4v) is 2.97. The van der Waals surface area contributed by atoms with Crippen molar-refractivity contribution in [2.45, 2.75) is 51.6 Å². The van der Waals surface area contributed by atoms with E-state index in [0.717, 1.165) is 12.5 Å². The molecule has 1 aromatic rings. The molecule has 5 nitrogen and oxygen atoms in total. The number of carbonyl (C=O) groups excluding carboxylic acids is 1. The van der Waals surface area contributed by atoms with Crippen LogP contribution in [0.15, 0.2) is 18.2 Å². The Hall–Kier alpha value is -1.83. The maximum atomic E-state index is 12.3. The zero-order chi connectivity index (χ0) is 19.5. The van der Waals surface area contributed by atoms with E-state index in [1.807, 2.05) is 25.7 Å². The molecular weight excluding hydrogens is 373 g/mol. The molecule has 0 spiro atoms. The summed E-state index contributed by atoms with van der Waals surface area (Å²) in [6.45, 7) is 6.64. The molecule has 1 aliphatic heterocycles. The van der Waals surface area contributed by atoms with Gasteiger partial charge in [0.1, 0.15) is 11.9 Å². The first-order chi connectivity index (χ1) is 11.9. The molecule has 1 aliphatic rings. The smallest absolute Gasteiger partial charge is 0.444 e. The number of nitrogens with zero attached hydrogens (tertiary/aromatic N) is 1. The van der Waals surface area contributed by atoms with Gasteiger partial charge in [-0.3, -0.25) is 0 Å². The van der Waals surface area contributed by atoms with Gasteiger partial charge >= 0.3 is 12.5 Å². The molecule has 146 valence electrons. The first-order valence-electron chi connectivity index (χ1n) is 8.22. The minimum absolute atomic E-state index is 0.145. The second-order valence-corrected chi connectivity index (χ2v) is 7.56. The fraction of sp³-hybridized carbons (Fsp3) is 0.588. The normalized spacial score (nSPS) is 18.4. The molecule has 1 atom stereocenters. The van der Waals surface area contributed by atoms with Gasteiger partial charge in [0.25, 0.3) is 0 Å². The lowest BCUT2D eigenvalue weighted by atomic mass is 10.1. The Bertz CT molecular complexity index is 647. The second-order valence-electron chi connectivity index (χ2n) is 7.15. The van der Waals surface area contributed by atoms with Crippen molar-refractivity contribution in [2.75, 3.05) is 18.0 Å².